The van der Waals surface area contributed by atoms with E-state index in [2.05, 4.69) is 4.98 Å². The first kappa shape index (κ1) is 14.4. The third-order valence-corrected chi connectivity index (χ3v) is 3.34. The Labute approximate surface area is 120 Å². The summed E-state index contributed by atoms with van der Waals surface area (Å²) in [7, 11) is 0. The number of carbonyl (C=O) groups is 3. The van der Waals surface area contributed by atoms with Gasteiger partial charge in [-0.1, -0.05) is 0 Å². The first-order valence-electron chi connectivity index (χ1n) is 6.05. The number of rotatable bonds is 4. The zero-order valence-corrected chi connectivity index (χ0v) is 11.9. The van der Waals surface area contributed by atoms with Gasteiger partial charge in [0.1, 0.15) is 6.54 Å². The van der Waals surface area contributed by atoms with Gasteiger partial charge in [0.25, 0.3) is 11.1 Å². The molecule has 1 saturated heterocycles. The number of ether oxygens (including phenoxy) is 1. The molecular weight excluding hydrogens is 280 g/mol. The third-order valence-electron chi connectivity index (χ3n) is 2.44. The van der Waals surface area contributed by atoms with Gasteiger partial charge >= 0.3 is 5.97 Å². The van der Waals surface area contributed by atoms with Gasteiger partial charge in [0.15, 0.2) is 0 Å². The Hall–Kier alpha value is -2.02. The summed E-state index contributed by atoms with van der Waals surface area (Å²) >= 11 is 0.812. The van der Waals surface area contributed by atoms with Crippen LogP contribution in [-0.4, -0.2) is 39.6 Å². The number of H-pyrrole nitrogens is 1. The van der Waals surface area contributed by atoms with Crippen molar-refractivity contribution in [2.24, 2.45) is 0 Å². The van der Waals surface area contributed by atoms with E-state index in [0.29, 0.717) is 0 Å². The van der Waals surface area contributed by atoms with Crippen molar-refractivity contribution in [3.8, 4) is 0 Å². The Morgan fingerprint density at radius 3 is 2.85 bits per heavy atom. The zero-order valence-electron chi connectivity index (χ0n) is 11.1. The van der Waals surface area contributed by atoms with Crippen molar-refractivity contribution >= 4 is 35.0 Å². The number of imide groups is 1. The van der Waals surface area contributed by atoms with Crippen molar-refractivity contribution in [1.82, 2.24) is 9.88 Å². The first-order chi connectivity index (χ1) is 9.47. The summed E-state index contributed by atoms with van der Waals surface area (Å²) in [6.45, 7) is 3.05. The largest absolute Gasteiger partial charge is 0.462 e. The summed E-state index contributed by atoms with van der Waals surface area (Å²) in [6, 6.07) is 3.57. The van der Waals surface area contributed by atoms with Crippen molar-refractivity contribution < 1.29 is 19.1 Å². The van der Waals surface area contributed by atoms with Gasteiger partial charge in [0.2, 0.25) is 0 Å². The van der Waals surface area contributed by atoms with E-state index in [1.165, 1.54) is 0 Å². The van der Waals surface area contributed by atoms with E-state index < -0.39 is 17.1 Å². The van der Waals surface area contributed by atoms with Crippen molar-refractivity contribution in [2.75, 3.05) is 6.54 Å². The van der Waals surface area contributed by atoms with Crippen LogP contribution in [0, 0.1) is 0 Å². The highest BCUT2D eigenvalue weighted by atomic mass is 32.2. The number of amides is 2. The van der Waals surface area contributed by atoms with Crippen LogP contribution in [0.5, 0.6) is 0 Å². The lowest BCUT2D eigenvalue weighted by molar-refractivity contribution is -0.149. The molecule has 1 aliphatic rings. The standard InChI is InChI=1S/C13H14N2O4S/c1-8(2)19-11(16)7-15-12(17)10(20-13(15)18)6-9-4-3-5-14-9/h3-6,8,14H,7H2,1-2H3/b10-6-. The Balaban J connectivity index is 2.07. The summed E-state index contributed by atoms with van der Waals surface area (Å²) in [6.07, 6.45) is 3.02. The van der Waals surface area contributed by atoms with E-state index in [1.54, 1.807) is 38.3 Å². The number of thioether (sulfide) groups is 1. The third kappa shape index (κ3) is 3.30. The van der Waals surface area contributed by atoms with E-state index >= 15 is 0 Å². The molecule has 20 heavy (non-hydrogen) atoms. The number of aromatic nitrogens is 1. The summed E-state index contributed by atoms with van der Waals surface area (Å²) < 4.78 is 4.93. The van der Waals surface area contributed by atoms with Crippen LogP contribution in [0.4, 0.5) is 4.79 Å². The van der Waals surface area contributed by atoms with Gasteiger partial charge in [-0.3, -0.25) is 19.3 Å². The minimum atomic E-state index is -0.594. The average Bonchev–Trinajstić information content (AvgIpc) is 2.93. The highest BCUT2D eigenvalue weighted by molar-refractivity contribution is 8.18. The lowest BCUT2D eigenvalue weighted by Crippen LogP contribution is -2.35. The fourth-order valence-corrected chi connectivity index (χ4v) is 2.47. The summed E-state index contributed by atoms with van der Waals surface area (Å²) in [5, 5.41) is -0.464. The lowest BCUT2D eigenvalue weighted by Gasteiger charge is -2.13. The lowest BCUT2D eigenvalue weighted by atomic mass is 10.3. The van der Waals surface area contributed by atoms with Crippen molar-refractivity contribution in [1.29, 1.82) is 0 Å². The van der Waals surface area contributed by atoms with Crippen LogP contribution in [0.2, 0.25) is 0 Å². The van der Waals surface area contributed by atoms with Crippen LogP contribution < -0.4 is 0 Å². The number of aromatic amines is 1. The van der Waals surface area contributed by atoms with Crippen LogP contribution >= 0.6 is 11.8 Å². The van der Waals surface area contributed by atoms with Gasteiger partial charge in [0.05, 0.1) is 11.0 Å². The highest BCUT2D eigenvalue weighted by Crippen LogP contribution is 2.31. The van der Waals surface area contributed by atoms with Crippen LogP contribution in [-0.2, 0) is 14.3 Å². The molecule has 0 atom stereocenters. The van der Waals surface area contributed by atoms with Crippen LogP contribution in [0.1, 0.15) is 19.5 Å². The molecule has 2 amide bonds. The van der Waals surface area contributed by atoms with Crippen LogP contribution in [0.15, 0.2) is 23.2 Å². The molecule has 1 aromatic heterocycles. The second kappa shape index (κ2) is 5.96. The molecule has 0 aromatic carbocycles. The fraction of sp³-hybridized carbons (Fsp3) is 0.308. The molecule has 7 heteroatoms. The molecule has 0 radical (unpaired) electrons. The Morgan fingerprint density at radius 1 is 1.50 bits per heavy atom. The average molecular weight is 294 g/mol. The number of nitrogens with zero attached hydrogens (tertiary/aromatic N) is 1. The Bertz CT molecular complexity index is 563. The molecule has 106 valence electrons. The molecule has 0 saturated carbocycles. The molecule has 0 unspecified atom stereocenters. The van der Waals surface area contributed by atoms with Crippen molar-refractivity contribution in [2.45, 2.75) is 20.0 Å². The minimum Gasteiger partial charge on any atom is -0.462 e. The molecule has 0 aliphatic carbocycles. The topological polar surface area (TPSA) is 79.5 Å². The monoisotopic (exact) mass is 294 g/mol. The van der Waals surface area contributed by atoms with Crippen molar-refractivity contribution in [3.05, 3.63) is 28.9 Å². The molecule has 1 aliphatic heterocycles. The maximum atomic E-state index is 12.1. The van der Waals surface area contributed by atoms with Gasteiger partial charge < -0.3 is 9.72 Å². The number of hydrogen-bond acceptors (Lipinski definition) is 5. The van der Waals surface area contributed by atoms with Gasteiger partial charge in [-0.2, -0.15) is 0 Å². The molecule has 2 heterocycles. The minimum absolute atomic E-state index is 0.281. The maximum absolute atomic E-state index is 12.1. The second-order valence-corrected chi connectivity index (χ2v) is 5.43. The second-order valence-electron chi connectivity index (χ2n) is 4.43. The summed E-state index contributed by atoms with van der Waals surface area (Å²) in [4.78, 5) is 39.4. The molecule has 1 N–H and O–H groups in total. The summed E-state index contributed by atoms with van der Waals surface area (Å²) in [5.41, 5.74) is 0.722. The number of esters is 1. The van der Waals surface area contributed by atoms with Gasteiger partial charge in [-0.05, 0) is 43.8 Å². The maximum Gasteiger partial charge on any atom is 0.326 e. The Kier molecular flexibility index (Phi) is 4.29. The predicted molar refractivity (Wildman–Crippen MR) is 74.7 cm³/mol. The van der Waals surface area contributed by atoms with E-state index in [9.17, 15) is 14.4 Å². The van der Waals surface area contributed by atoms with Crippen molar-refractivity contribution in [3.63, 3.8) is 0 Å². The van der Waals surface area contributed by atoms with E-state index in [1.807, 2.05) is 0 Å². The SMILES string of the molecule is CC(C)OC(=O)CN1C(=O)S/C(=C\c2ccc[nH]2)C1=O. The molecular formula is C13H14N2O4S. The quantitative estimate of drug-likeness (QED) is 0.678. The van der Waals surface area contributed by atoms with Crippen LogP contribution in [0.3, 0.4) is 0 Å². The smallest absolute Gasteiger partial charge is 0.326 e. The number of nitrogens with one attached hydrogen (secondary N) is 1. The molecule has 0 bridgehead atoms. The predicted octanol–water partition coefficient (Wildman–Crippen LogP) is 2.00. The Morgan fingerprint density at radius 2 is 2.25 bits per heavy atom. The number of hydrogen-bond donors (Lipinski definition) is 1. The summed E-state index contributed by atoms with van der Waals surface area (Å²) in [5.74, 6) is -1.07. The van der Waals surface area contributed by atoms with Gasteiger partial charge in [-0.15, -0.1) is 0 Å². The van der Waals surface area contributed by atoms with Crippen LogP contribution in [0.25, 0.3) is 6.08 Å². The number of carbonyl (C=O) groups excluding carboxylic acids is 3. The molecule has 0 spiro atoms. The van der Waals surface area contributed by atoms with E-state index in [0.717, 1.165) is 22.4 Å². The molecule has 6 nitrogen and oxygen atoms in total. The first-order valence-corrected chi connectivity index (χ1v) is 6.87. The molecule has 2 rings (SSSR count). The molecule has 1 aromatic rings. The molecule has 1 fully saturated rings. The van der Waals surface area contributed by atoms with E-state index in [-0.39, 0.29) is 17.6 Å². The van der Waals surface area contributed by atoms with Gasteiger partial charge in [0, 0.05) is 11.9 Å². The van der Waals surface area contributed by atoms with Gasteiger partial charge in [-0.25, -0.2) is 0 Å². The normalized spacial score (nSPS) is 17.4. The fourth-order valence-electron chi connectivity index (χ4n) is 1.64. The van der Waals surface area contributed by atoms with E-state index in [4.69, 9.17) is 4.74 Å². The highest BCUT2D eigenvalue weighted by Gasteiger charge is 2.36. The zero-order chi connectivity index (χ0) is 14.7.